The Labute approximate surface area is 115 Å². The van der Waals surface area contributed by atoms with Gasteiger partial charge in [-0.1, -0.05) is 0 Å². The molecular formula is C12H18BrNO2S. The molecule has 2 heterocycles. The van der Waals surface area contributed by atoms with Crippen LogP contribution in [0.5, 0.6) is 0 Å². The van der Waals surface area contributed by atoms with Gasteiger partial charge in [0.15, 0.2) is 5.79 Å². The van der Waals surface area contributed by atoms with E-state index in [1.165, 1.54) is 8.66 Å². The zero-order valence-corrected chi connectivity index (χ0v) is 12.6. The first kappa shape index (κ1) is 13.5. The van der Waals surface area contributed by atoms with Gasteiger partial charge in [-0.15, -0.1) is 11.3 Å². The smallest absolute Gasteiger partial charge is 0.162 e. The summed E-state index contributed by atoms with van der Waals surface area (Å²) in [5, 5.41) is 3.46. The standard InChI is InChI=1S/C12H18BrNO2S/c1-12(2)15-7-9(8-16-12)14-6-5-10-3-4-11(13)17-10/h3-4,9,14H,5-8H2,1-2H3. The normalized spacial score (nSPS) is 20.6. The molecule has 2 rings (SSSR count). The van der Waals surface area contributed by atoms with Crippen molar-refractivity contribution in [1.82, 2.24) is 5.32 Å². The molecule has 17 heavy (non-hydrogen) atoms. The summed E-state index contributed by atoms with van der Waals surface area (Å²) < 4.78 is 12.4. The molecule has 0 amide bonds. The van der Waals surface area contributed by atoms with Crippen LogP contribution < -0.4 is 5.32 Å². The molecule has 1 fully saturated rings. The molecule has 3 nitrogen and oxygen atoms in total. The van der Waals surface area contributed by atoms with Crippen LogP contribution in [0.1, 0.15) is 18.7 Å². The van der Waals surface area contributed by atoms with Crippen molar-refractivity contribution in [3.05, 3.63) is 20.8 Å². The first-order valence-corrected chi connectivity index (χ1v) is 7.42. The summed E-state index contributed by atoms with van der Waals surface area (Å²) in [4.78, 5) is 1.39. The van der Waals surface area contributed by atoms with E-state index in [1.807, 2.05) is 13.8 Å². The highest BCUT2D eigenvalue weighted by atomic mass is 79.9. The van der Waals surface area contributed by atoms with Gasteiger partial charge in [0.2, 0.25) is 0 Å². The van der Waals surface area contributed by atoms with Gasteiger partial charge in [0.25, 0.3) is 0 Å². The van der Waals surface area contributed by atoms with Gasteiger partial charge < -0.3 is 14.8 Å². The first-order chi connectivity index (χ1) is 8.05. The fourth-order valence-corrected chi connectivity index (χ4v) is 3.18. The zero-order valence-electron chi connectivity index (χ0n) is 10.2. The molecule has 0 radical (unpaired) electrons. The van der Waals surface area contributed by atoms with Gasteiger partial charge in [-0.2, -0.15) is 0 Å². The van der Waals surface area contributed by atoms with Gasteiger partial charge in [0, 0.05) is 11.4 Å². The van der Waals surface area contributed by atoms with E-state index < -0.39 is 5.79 Å². The van der Waals surface area contributed by atoms with E-state index >= 15 is 0 Å². The molecule has 0 aromatic carbocycles. The number of ether oxygens (including phenoxy) is 2. The monoisotopic (exact) mass is 319 g/mol. The summed E-state index contributed by atoms with van der Waals surface area (Å²) in [5.41, 5.74) is 0. The van der Waals surface area contributed by atoms with Crippen LogP contribution in [0.25, 0.3) is 0 Å². The van der Waals surface area contributed by atoms with E-state index in [9.17, 15) is 0 Å². The maximum absolute atomic E-state index is 5.60. The lowest BCUT2D eigenvalue weighted by Gasteiger charge is -2.35. The van der Waals surface area contributed by atoms with E-state index in [4.69, 9.17) is 9.47 Å². The molecule has 5 heteroatoms. The van der Waals surface area contributed by atoms with Crippen LogP contribution in [0.15, 0.2) is 15.9 Å². The molecule has 1 aromatic heterocycles. The molecule has 1 aliphatic rings. The van der Waals surface area contributed by atoms with Crippen molar-refractivity contribution in [3.8, 4) is 0 Å². The fraction of sp³-hybridized carbons (Fsp3) is 0.667. The number of hydrogen-bond donors (Lipinski definition) is 1. The SMILES string of the molecule is CC1(C)OCC(NCCc2ccc(Br)s2)CO1. The van der Waals surface area contributed by atoms with Crippen molar-refractivity contribution in [2.24, 2.45) is 0 Å². The lowest BCUT2D eigenvalue weighted by Crippen LogP contribution is -2.48. The highest BCUT2D eigenvalue weighted by Crippen LogP contribution is 2.22. The van der Waals surface area contributed by atoms with E-state index in [-0.39, 0.29) is 0 Å². The number of hydrogen-bond acceptors (Lipinski definition) is 4. The minimum absolute atomic E-state index is 0.312. The van der Waals surface area contributed by atoms with Gasteiger partial charge in [0.05, 0.1) is 23.0 Å². The van der Waals surface area contributed by atoms with Crippen molar-refractivity contribution in [3.63, 3.8) is 0 Å². The average Bonchev–Trinajstić information content (AvgIpc) is 2.67. The summed E-state index contributed by atoms with van der Waals surface area (Å²) in [6.07, 6.45) is 1.05. The third-order valence-corrected chi connectivity index (χ3v) is 4.38. The number of rotatable bonds is 4. The maximum Gasteiger partial charge on any atom is 0.162 e. The van der Waals surface area contributed by atoms with Crippen LogP contribution in [0.3, 0.4) is 0 Å². The summed E-state index contributed by atoms with van der Waals surface area (Å²) >= 11 is 5.26. The predicted molar refractivity (Wildman–Crippen MR) is 73.5 cm³/mol. The van der Waals surface area contributed by atoms with Crippen LogP contribution in [-0.4, -0.2) is 31.6 Å². The second-order valence-electron chi connectivity index (χ2n) is 4.63. The largest absolute Gasteiger partial charge is 0.349 e. The van der Waals surface area contributed by atoms with Crippen molar-refractivity contribution in [2.75, 3.05) is 19.8 Å². The Bertz CT molecular complexity index is 357. The second-order valence-corrected chi connectivity index (χ2v) is 7.18. The van der Waals surface area contributed by atoms with Crippen LogP contribution in [0, 0.1) is 0 Å². The van der Waals surface area contributed by atoms with Gasteiger partial charge in [-0.3, -0.25) is 0 Å². The van der Waals surface area contributed by atoms with Gasteiger partial charge in [0.1, 0.15) is 0 Å². The second kappa shape index (κ2) is 5.80. The minimum atomic E-state index is -0.420. The Kier molecular flexibility index (Phi) is 4.60. The maximum atomic E-state index is 5.60. The zero-order chi connectivity index (χ0) is 12.3. The number of nitrogens with one attached hydrogen (secondary N) is 1. The summed E-state index contributed by atoms with van der Waals surface area (Å²) in [5.74, 6) is -0.420. The summed E-state index contributed by atoms with van der Waals surface area (Å²) in [7, 11) is 0. The van der Waals surface area contributed by atoms with Crippen molar-refractivity contribution >= 4 is 27.3 Å². The topological polar surface area (TPSA) is 30.5 Å². The molecule has 1 aliphatic heterocycles. The molecule has 0 atom stereocenters. The van der Waals surface area contributed by atoms with Crippen LogP contribution in [-0.2, 0) is 15.9 Å². The molecule has 0 spiro atoms. The fourth-order valence-electron chi connectivity index (χ4n) is 1.70. The Hall–Kier alpha value is 0.0600. The Balaban J connectivity index is 1.66. The van der Waals surface area contributed by atoms with E-state index in [0.717, 1.165) is 26.2 Å². The molecule has 0 aliphatic carbocycles. The predicted octanol–water partition coefficient (Wildman–Crippen LogP) is 2.79. The molecule has 96 valence electrons. The van der Waals surface area contributed by atoms with Crippen LogP contribution >= 0.6 is 27.3 Å². The average molecular weight is 320 g/mol. The van der Waals surface area contributed by atoms with Crippen molar-refractivity contribution < 1.29 is 9.47 Å². The number of halogens is 1. The quantitative estimate of drug-likeness (QED) is 0.925. The lowest BCUT2D eigenvalue weighted by atomic mass is 10.2. The third kappa shape index (κ3) is 4.34. The number of thiophene rings is 1. The van der Waals surface area contributed by atoms with Gasteiger partial charge in [-0.05, 0) is 48.3 Å². The van der Waals surface area contributed by atoms with Gasteiger partial charge in [-0.25, -0.2) is 0 Å². The molecule has 0 bridgehead atoms. The summed E-state index contributed by atoms with van der Waals surface area (Å²) in [6.45, 7) is 6.31. The minimum Gasteiger partial charge on any atom is -0.349 e. The molecule has 1 saturated heterocycles. The highest BCUT2D eigenvalue weighted by Gasteiger charge is 2.27. The lowest BCUT2D eigenvalue weighted by molar-refractivity contribution is -0.252. The van der Waals surface area contributed by atoms with Gasteiger partial charge >= 0.3 is 0 Å². The molecular weight excluding hydrogens is 302 g/mol. The Morgan fingerprint density at radius 2 is 2.12 bits per heavy atom. The van der Waals surface area contributed by atoms with Crippen LogP contribution in [0.2, 0.25) is 0 Å². The summed E-state index contributed by atoms with van der Waals surface area (Å²) in [6, 6.07) is 4.56. The first-order valence-electron chi connectivity index (χ1n) is 5.81. The third-order valence-electron chi connectivity index (χ3n) is 2.70. The van der Waals surface area contributed by atoms with Crippen LogP contribution in [0.4, 0.5) is 0 Å². The Morgan fingerprint density at radius 1 is 1.41 bits per heavy atom. The molecule has 0 saturated carbocycles. The Morgan fingerprint density at radius 3 is 2.71 bits per heavy atom. The van der Waals surface area contributed by atoms with E-state index in [0.29, 0.717) is 6.04 Å². The van der Waals surface area contributed by atoms with E-state index in [2.05, 4.69) is 33.4 Å². The van der Waals surface area contributed by atoms with E-state index in [1.54, 1.807) is 11.3 Å². The highest BCUT2D eigenvalue weighted by molar-refractivity contribution is 9.11. The van der Waals surface area contributed by atoms with Crippen molar-refractivity contribution in [1.29, 1.82) is 0 Å². The molecule has 1 N–H and O–H groups in total. The van der Waals surface area contributed by atoms with Crippen molar-refractivity contribution in [2.45, 2.75) is 32.1 Å². The molecule has 0 unspecified atom stereocenters. The molecule has 1 aromatic rings.